The number of aromatic nitrogens is 2. The summed E-state index contributed by atoms with van der Waals surface area (Å²) >= 11 is 0. The van der Waals surface area contributed by atoms with Crippen LogP contribution in [-0.2, 0) is 0 Å². The molecular formula is C30H10N8. The molecule has 0 atom stereocenters. The molecule has 0 fully saturated rings. The lowest BCUT2D eigenvalue weighted by atomic mass is 9.92. The van der Waals surface area contributed by atoms with Gasteiger partial charge in [-0.25, -0.2) is 14.5 Å². The number of fused-ring (bicyclic) bond motifs is 2. The van der Waals surface area contributed by atoms with Gasteiger partial charge in [0.2, 0.25) is 11.4 Å². The van der Waals surface area contributed by atoms with Gasteiger partial charge in [0, 0.05) is 12.4 Å². The van der Waals surface area contributed by atoms with E-state index in [4.69, 9.17) is 25.0 Å². The molecule has 0 amide bonds. The van der Waals surface area contributed by atoms with E-state index in [1.807, 2.05) is 6.07 Å². The van der Waals surface area contributed by atoms with Crippen LogP contribution in [0, 0.1) is 53.7 Å². The summed E-state index contributed by atoms with van der Waals surface area (Å²) in [5, 5.41) is 29.0. The quantitative estimate of drug-likeness (QED) is 0.314. The van der Waals surface area contributed by atoms with Gasteiger partial charge in [0.05, 0.1) is 53.9 Å². The van der Waals surface area contributed by atoms with Gasteiger partial charge >= 0.3 is 0 Å². The summed E-state index contributed by atoms with van der Waals surface area (Å²) in [5.41, 5.74) is 5.85. The molecule has 0 saturated heterocycles. The molecule has 0 radical (unpaired) electrons. The summed E-state index contributed by atoms with van der Waals surface area (Å²) < 4.78 is 0. The number of hydrogen-bond donors (Lipinski definition) is 0. The van der Waals surface area contributed by atoms with Crippen molar-refractivity contribution in [3.63, 3.8) is 0 Å². The van der Waals surface area contributed by atoms with Gasteiger partial charge in [-0.15, -0.1) is 0 Å². The Morgan fingerprint density at radius 2 is 1.47 bits per heavy atom. The van der Waals surface area contributed by atoms with Crippen LogP contribution < -0.4 is 0 Å². The molecule has 3 aromatic rings. The van der Waals surface area contributed by atoms with E-state index in [1.165, 1.54) is 12.4 Å². The molecule has 0 spiro atoms. The van der Waals surface area contributed by atoms with E-state index >= 15 is 0 Å². The Morgan fingerprint density at radius 1 is 0.737 bits per heavy atom. The Hall–Kier alpha value is -6.58. The predicted octanol–water partition coefficient (Wildman–Crippen LogP) is 6.32. The third-order valence-electron chi connectivity index (χ3n) is 6.13. The van der Waals surface area contributed by atoms with Crippen molar-refractivity contribution >= 4 is 39.4 Å². The van der Waals surface area contributed by atoms with Crippen molar-refractivity contribution in [2.45, 2.75) is 0 Å². The first-order chi connectivity index (χ1) is 18.6. The zero-order chi connectivity index (χ0) is 26.8. The van der Waals surface area contributed by atoms with E-state index in [2.05, 4.69) is 36.6 Å². The highest BCUT2D eigenvalue weighted by Crippen LogP contribution is 2.47. The fourth-order valence-electron chi connectivity index (χ4n) is 4.37. The largest absolute Gasteiger partial charge is 0.267 e. The van der Waals surface area contributed by atoms with Crippen LogP contribution in [-0.4, -0.2) is 9.97 Å². The number of hydrogen-bond acceptors (Lipinski definition) is 5. The van der Waals surface area contributed by atoms with Crippen molar-refractivity contribution in [3.8, 4) is 18.2 Å². The molecule has 170 valence electrons. The minimum atomic E-state index is 0.213. The Balaban J connectivity index is 1.75. The predicted molar refractivity (Wildman–Crippen MR) is 140 cm³/mol. The number of pyridine rings is 2. The molecule has 0 N–H and O–H groups in total. The lowest BCUT2D eigenvalue weighted by Gasteiger charge is -2.11. The number of nitriles is 3. The normalized spacial score (nSPS) is 15.1. The molecule has 0 aliphatic heterocycles. The minimum absolute atomic E-state index is 0.213. The molecule has 2 aromatic heterocycles. The van der Waals surface area contributed by atoms with E-state index in [0.29, 0.717) is 67.3 Å². The lowest BCUT2D eigenvalue weighted by Crippen LogP contribution is -1.95. The van der Waals surface area contributed by atoms with Gasteiger partial charge in [0.15, 0.2) is 5.70 Å². The van der Waals surface area contributed by atoms with Crippen LogP contribution in [0.3, 0.4) is 0 Å². The van der Waals surface area contributed by atoms with Crippen LogP contribution in [0.5, 0.6) is 0 Å². The van der Waals surface area contributed by atoms with Gasteiger partial charge in [0.1, 0.15) is 12.1 Å². The summed E-state index contributed by atoms with van der Waals surface area (Å²) in [6.07, 6.45) is 6.00. The Morgan fingerprint density at radius 3 is 2.05 bits per heavy atom. The molecular weight excluding hydrogens is 472 g/mol. The summed E-state index contributed by atoms with van der Waals surface area (Å²) in [5.74, 6) is 0. The second-order valence-electron chi connectivity index (χ2n) is 8.09. The van der Waals surface area contributed by atoms with E-state index in [-0.39, 0.29) is 11.3 Å². The van der Waals surface area contributed by atoms with Gasteiger partial charge < -0.3 is 0 Å². The fraction of sp³-hybridized carbons (Fsp3) is 0. The van der Waals surface area contributed by atoms with Gasteiger partial charge in [0.25, 0.3) is 0 Å². The third-order valence-corrected chi connectivity index (χ3v) is 6.13. The zero-order valence-corrected chi connectivity index (χ0v) is 19.4. The van der Waals surface area contributed by atoms with Gasteiger partial charge in [-0.2, -0.15) is 15.8 Å². The molecule has 5 rings (SSSR count). The van der Waals surface area contributed by atoms with Crippen LogP contribution in [0.1, 0.15) is 39.2 Å². The van der Waals surface area contributed by atoms with E-state index < -0.39 is 0 Å². The molecule has 38 heavy (non-hydrogen) atoms. The first kappa shape index (κ1) is 23.2. The van der Waals surface area contributed by atoms with Gasteiger partial charge in [-0.1, -0.05) is 12.1 Å². The third kappa shape index (κ3) is 3.58. The lowest BCUT2D eigenvalue weighted by molar-refractivity contribution is 1.26. The monoisotopic (exact) mass is 482 g/mol. The molecule has 0 unspecified atom stereocenters. The molecule has 2 aliphatic rings. The Labute approximate surface area is 217 Å². The highest BCUT2D eigenvalue weighted by atomic mass is 14.8. The van der Waals surface area contributed by atoms with Crippen LogP contribution >= 0.6 is 0 Å². The second-order valence-corrected chi connectivity index (χ2v) is 8.09. The van der Waals surface area contributed by atoms with Crippen molar-refractivity contribution < 1.29 is 0 Å². The molecule has 2 heterocycles. The van der Waals surface area contributed by atoms with Crippen molar-refractivity contribution in [3.05, 3.63) is 134 Å². The van der Waals surface area contributed by atoms with E-state index in [1.54, 1.807) is 48.6 Å². The maximum Gasteiger partial charge on any atom is 0.219 e. The maximum atomic E-state index is 10.0. The smallest absolute Gasteiger partial charge is 0.219 e. The summed E-state index contributed by atoms with van der Waals surface area (Å²) in [6.45, 7) is 22.7. The maximum absolute atomic E-state index is 10.0. The molecule has 0 saturated carbocycles. The SMILES string of the molecule is [C-]#[N+]C1=C/C(=C(/C#N)c2ccc([N+]#[C-])cn2)c2cc3c(cc21)/C(=C(\[N+]#[C-])c1ccc(C#N)cn1)C=C3C#N. The van der Waals surface area contributed by atoms with Gasteiger partial charge in [-0.3, -0.25) is 9.97 Å². The van der Waals surface area contributed by atoms with Crippen LogP contribution in [0.2, 0.25) is 0 Å². The number of nitrogens with zero attached hydrogens (tertiary/aromatic N) is 8. The standard InChI is InChI=1S/C30H10N8/c1-34-19-5-7-27(38-16-19)26(14-33)23-11-29(35-2)24-10-21-20(9-22(23)24)18(13-32)8-25(21)30(36-3)28-6-4-17(12-31)15-37-28/h4-11,15-16H/b26-23+,30-25-. The Kier molecular flexibility index (Phi) is 5.63. The first-order valence-corrected chi connectivity index (χ1v) is 10.9. The molecule has 2 aliphatic carbocycles. The fourth-order valence-corrected chi connectivity index (χ4v) is 4.37. The average Bonchev–Trinajstić information content (AvgIpc) is 3.51. The number of rotatable bonds is 2. The summed E-state index contributed by atoms with van der Waals surface area (Å²) in [6, 6.07) is 16.2. The molecule has 0 bridgehead atoms. The second kappa shape index (κ2) is 9.23. The zero-order valence-electron chi connectivity index (χ0n) is 19.4. The highest BCUT2D eigenvalue weighted by Gasteiger charge is 2.30. The van der Waals surface area contributed by atoms with Crippen molar-refractivity contribution in [1.82, 2.24) is 9.97 Å². The van der Waals surface area contributed by atoms with E-state index in [0.717, 1.165) is 0 Å². The number of allylic oxidation sites excluding steroid dienone is 6. The molecule has 8 heteroatoms. The van der Waals surface area contributed by atoms with Crippen molar-refractivity contribution in [2.24, 2.45) is 0 Å². The van der Waals surface area contributed by atoms with Crippen molar-refractivity contribution in [2.75, 3.05) is 0 Å². The molecule has 8 nitrogen and oxygen atoms in total. The summed E-state index contributed by atoms with van der Waals surface area (Å²) in [4.78, 5) is 19.2. The highest BCUT2D eigenvalue weighted by molar-refractivity contribution is 6.14. The van der Waals surface area contributed by atoms with Crippen molar-refractivity contribution in [1.29, 1.82) is 15.8 Å². The Bertz CT molecular complexity index is 1800. The van der Waals surface area contributed by atoms with Crippen LogP contribution in [0.15, 0.2) is 60.9 Å². The first-order valence-electron chi connectivity index (χ1n) is 10.9. The van der Waals surface area contributed by atoms with Crippen LogP contribution in [0.25, 0.3) is 48.2 Å². The minimum Gasteiger partial charge on any atom is -0.267 e. The molecule has 1 aromatic carbocycles. The van der Waals surface area contributed by atoms with Crippen LogP contribution in [0.4, 0.5) is 5.69 Å². The topological polar surface area (TPSA) is 110 Å². The summed E-state index contributed by atoms with van der Waals surface area (Å²) in [7, 11) is 0. The average molecular weight is 482 g/mol. The number of benzene rings is 1. The van der Waals surface area contributed by atoms with Gasteiger partial charge in [-0.05, 0) is 69.8 Å². The van der Waals surface area contributed by atoms with E-state index in [9.17, 15) is 10.5 Å².